The van der Waals surface area contributed by atoms with Crippen LogP contribution in [0.15, 0.2) is 42.7 Å². The molecule has 1 heterocycles. The summed E-state index contributed by atoms with van der Waals surface area (Å²) in [5, 5.41) is 3.14. The summed E-state index contributed by atoms with van der Waals surface area (Å²) in [5.74, 6) is 0.231. The molecular weight excluding hydrogens is 580 g/mol. The topological polar surface area (TPSA) is 126 Å². The number of ether oxygens (including phenoxy) is 2. The van der Waals surface area contributed by atoms with E-state index >= 15 is 0 Å². The summed E-state index contributed by atoms with van der Waals surface area (Å²) < 4.78 is 38.0. The molecule has 0 aliphatic rings. The Morgan fingerprint density at radius 1 is 1.02 bits per heavy atom. The van der Waals surface area contributed by atoms with E-state index in [9.17, 15) is 13.2 Å². The molecule has 2 aromatic carbocycles. The Morgan fingerprint density at radius 3 is 2.33 bits per heavy atom. The zero-order valence-corrected chi connectivity index (χ0v) is 26.9. The van der Waals surface area contributed by atoms with Gasteiger partial charge in [-0.05, 0) is 62.5 Å². The van der Waals surface area contributed by atoms with Gasteiger partial charge in [0.25, 0.3) is 5.91 Å². The first-order valence-corrected chi connectivity index (χ1v) is 15.5. The van der Waals surface area contributed by atoms with Crippen LogP contribution in [-0.2, 0) is 22.0 Å². The van der Waals surface area contributed by atoms with E-state index in [2.05, 4.69) is 29.8 Å². The van der Waals surface area contributed by atoms with E-state index < -0.39 is 15.9 Å². The quantitative estimate of drug-likeness (QED) is 0.293. The SMILES string of the molecule is COc1c(NC(=O)c2ccc(Cl)c(Oc3cc(CN(C)CCN(C)C)ncn3)c2)cc(C(C)(C)C)cc1NS(C)(=O)=O. The van der Waals surface area contributed by atoms with Gasteiger partial charge in [-0.3, -0.25) is 14.4 Å². The van der Waals surface area contributed by atoms with Crippen molar-refractivity contribution in [1.29, 1.82) is 0 Å². The Bertz CT molecular complexity index is 1530. The first-order chi connectivity index (χ1) is 19.6. The molecule has 42 heavy (non-hydrogen) atoms. The van der Waals surface area contributed by atoms with E-state index in [4.69, 9.17) is 21.1 Å². The number of nitrogens with zero attached hydrogens (tertiary/aromatic N) is 4. The summed E-state index contributed by atoms with van der Waals surface area (Å²) in [6.45, 7) is 8.33. The van der Waals surface area contributed by atoms with Gasteiger partial charge in [-0.2, -0.15) is 0 Å². The van der Waals surface area contributed by atoms with Crippen LogP contribution < -0.4 is 19.5 Å². The number of halogens is 1. The number of aromatic nitrogens is 2. The first kappa shape index (κ1) is 33.1. The van der Waals surface area contributed by atoms with Crippen LogP contribution in [0.25, 0.3) is 0 Å². The van der Waals surface area contributed by atoms with E-state index in [0.717, 1.165) is 30.6 Å². The Morgan fingerprint density at radius 2 is 1.71 bits per heavy atom. The zero-order valence-electron chi connectivity index (χ0n) is 25.3. The van der Waals surface area contributed by atoms with Gasteiger partial charge in [0.05, 0.1) is 35.5 Å². The molecule has 0 radical (unpaired) electrons. The Balaban J connectivity index is 1.87. The van der Waals surface area contributed by atoms with Gasteiger partial charge in [0.2, 0.25) is 15.9 Å². The maximum absolute atomic E-state index is 13.4. The minimum Gasteiger partial charge on any atom is -0.492 e. The number of likely N-dealkylation sites (N-methyl/N-ethyl adjacent to an activating group) is 2. The molecule has 11 nitrogen and oxygen atoms in total. The number of nitrogens with one attached hydrogen (secondary N) is 2. The molecule has 0 atom stereocenters. The van der Waals surface area contributed by atoms with Gasteiger partial charge >= 0.3 is 0 Å². The normalized spacial score (nSPS) is 12.0. The minimum atomic E-state index is -3.61. The molecule has 3 rings (SSSR count). The third-order valence-corrected chi connectivity index (χ3v) is 7.07. The van der Waals surface area contributed by atoms with Crippen LogP contribution in [-0.4, -0.2) is 81.7 Å². The van der Waals surface area contributed by atoms with Gasteiger partial charge < -0.3 is 19.7 Å². The minimum absolute atomic E-state index is 0.177. The van der Waals surface area contributed by atoms with E-state index in [1.807, 2.05) is 41.9 Å². The summed E-state index contributed by atoms with van der Waals surface area (Å²) >= 11 is 6.41. The second-order valence-electron chi connectivity index (χ2n) is 11.3. The lowest BCUT2D eigenvalue weighted by atomic mass is 9.86. The maximum atomic E-state index is 13.4. The lowest BCUT2D eigenvalue weighted by Gasteiger charge is -2.24. The Labute approximate surface area is 253 Å². The maximum Gasteiger partial charge on any atom is 0.255 e. The fourth-order valence-corrected chi connectivity index (χ4v) is 4.63. The van der Waals surface area contributed by atoms with E-state index in [0.29, 0.717) is 17.3 Å². The van der Waals surface area contributed by atoms with Gasteiger partial charge in [-0.25, -0.2) is 18.4 Å². The smallest absolute Gasteiger partial charge is 0.255 e. The molecule has 2 N–H and O–H groups in total. The van der Waals surface area contributed by atoms with Crippen LogP contribution in [0.3, 0.4) is 0 Å². The van der Waals surface area contributed by atoms with Gasteiger partial charge in [-0.1, -0.05) is 32.4 Å². The molecule has 3 aromatic rings. The molecule has 0 aliphatic carbocycles. The summed E-state index contributed by atoms with van der Waals surface area (Å²) in [7, 11) is 3.85. The highest BCUT2D eigenvalue weighted by molar-refractivity contribution is 7.92. The van der Waals surface area contributed by atoms with Crippen LogP contribution in [0, 0.1) is 0 Å². The number of benzene rings is 2. The molecule has 1 aromatic heterocycles. The number of hydrogen-bond donors (Lipinski definition) is 2. The van der Waals surface area contributed by atoms with Crippen molar-refractivity contribution in [2.45, 2.75) is 32.7 Å². The third kappa shape index (κ3) is 9.55. The molecule has 0 bridgehead atoms. The highest BCUT2D eigenvalue weighted by atomic mass is 35.5. The molecule has 0 spiro atoms. The largest absolute Gasteiger partial charge is 0.492 e. The van der Waals surface area contributed by atoms with Crippen LogP contribution in [0.4, 0.5) is 11.4 Å². The molecule has 1 amide bonds. The van der Waals surface area contributed by atoms with Gasteiger partial charge in [-0.15, -0.1) is 0 Å². The molecule has 228 valence electrons. The Hall–Kier alpha value is -3.45. The zero-order chi connectivity index (χ0) is 31.2. The molecule has 0 saturated carbocycles. The number of carbonyl (C=O) groups is 1. The first-order valence-electron chi connectivity index (χ1n) is 13.2. The highest BCUT2D eigenvalue weighted by Crippen LogP contribution is 2.39. The van der Waals surface area contributed by atoms with Gasteiger partial charge in [0.15, 0.2) is 5.75 Å². The summed E-state index contributed by atoms with van der Waals surface area (Å²) in [5.41, 5.74) is 1.99. The van der Waals surface area contributed by atoms with Crippen molar-refractivity contribution < 1.29 is 22.7 Å². The number of anilines is 2. The van der Waals surface area contributed by atoms with Crippen molar-refractivity contribution in [2.75, 3.05) is 57.6 Å². The van der Waals surface area contributed by atoms with Crippen molar-refractivity contribution in [3.05, 3.63) is 64.6 Å². The summed E-state index contributed by atoms with van der Waals surface area (Å²) in [6.07, 6.45) is 2.47. The van der Waals surface area contributed by atoms with Crippen LogP contribution in [0.5, 0.6) is 17.4 Å². The van der Waals surface area contributed by atoms with Crippen molar-refractivity contribution in [2.24, 2.45) is 0 Å². The molecule has 0 saturated heterocycles. The van der Waals surface area contributed by atoms with Gasteiger partial charge in [0.1, 0.15) is 12.1 Å². The number of amides is 1. The molecule has 0 aliphatic heterocycles. The number of methoxy groups -OCH3 is 1. The van der Waals surface area contributed by atoms with Crippen molar-refractivity contribution in [3.8, 4) is 17.4 Å². The second-order valence-corrected chi connectivity index (χ2v) is 13.5. The lowest BCUT2D eigenvalue weighted by molar-refractivity contribution is 0.102. The summed E-state index contributed by atoms with van der Waals surface area (Å²) in [6, 6.07) is 9.82. The standard InChI is InChI=1S/C29H39ClN6O5S/c1-29(2,3)20-14-23(27(40-7)24(15-20)34-42(8,38)39)33-28(37)19-9-10-22(30)25(13-19)41-26-16-21(31-18-32-26)17-36(6)12-11-35(4)5/h9-10,13-16,18,34H,11-12,17H2,1-8H3,(H,33,37). The summed E-state index contributed by atoms with van der Waals surface area (Å²) in [4.78, 5) is 26.2. The van der Waals surface area contributed by atoms with E-state index in [1.165, 1.54) is 19.5 Å². The fraction of sp³-hybridized carbons (Fsp3) is 0.414. The highest BCUT2D eigenvalue weighted by Gasteiger charge is 2.23. The van der Waals surface area contributed by atoms with Gasteiger partial charge in [0, 0.05) is 31.3 Å². The van der Waals surface area contributed by atoms with E-state index in [1.54, 1.807) is 30.3 Å². The average Bonchev–Trinajstić information content (AvgIpc) is 2.87. The molecular formula is C29H39ClN6O5S. The fourth-order valence-electron chi connectivity index (χ4n) is 3.93. The van der Waals surface area contributed by atoms with Crippen molar-refractivity contribution in [3.63, 3.8) is 0 Å². The van der Waals surface area contributed by atoms with Crippen LogP contribution in [0.1, 0.15) is 42.4 Å². The second kappa shape index (κ2) is 13.7. The predicted octanol–water partition coefficient (Wildman–Crippen LogP) is 4.85. The average molecular weight is 619 g/mol. The number of rotatable bonds is 12. The van der Waals surface area contributed by atoms with Crippen LogP contribution >= 0.6 is 11.6 Å². The number of sulfonamides is 1. The number of hydrogen-bond acceptors (Lipinski definition) is 9. The lowest BCUT2D eigenvalue weighted by Crippen LogP contribution is -2.28. The molecule has 0 unspecified atom stereocenters. The van der Waals surface area contributed by atoms with Crippen molar-refractivity contribution >= 4 is 38.9 Å². The molecule has 13 heteroatoms. The van der Waals surface area contributed by atoms with E-state index in [-0.39, 0.29) is 34.0 Å². The molecule has 0 fully saturated rings. The van der Waals surface area contributed by atoms with Crippen LogP contribution in [0.2, 0.25) is 5.02 Å². The third-order valence-electron chi connectivity index (χ3n) is 6.17. The predicted molar refractivity (Wildman–Crippen MR) is 167 cm³/mol. The van der Waals surface area contributed by atoms with Crippen molar-refractivity contribution in [1.82, 2.24) is 19.8 Å². The monoisotopic (exact) mass is 618 g/mol. The Kier molecular flexibility index (Phi) is 10.8. The number of carbonyl (C=O) groups excluding carboxylic acids is 1.